The van der Waals surface area contributed by atoms with Crippen molar-refractivity contribution in [2.75, 3.05) is 0 Å². The van der Waals surface area contributed by atoms with E-state index in [9.17, 15) is 4.79 Å². The summed E-state index contributed by atoms with van der Waals surface area (Å²) < 4.78 is 0. The molecule has 18 heavy (non-hydrogen) atoms. The summed E-state index contributed by atoms with van der Waals surface area (Å²) in [4.78, 5) is 12.4. The molecule has 1 aliphatic rings. The Balaban J connectivity index is 2.05. The molecule has 0 amide bonds. The second-order valence-corrected chi connectivity index (χ2v) is 5.64. The quantitative estimate of drug-likeness (QED) is 0.827. The van der Waals surface area contributed by atoms with Crippen molar-refractivity contribution in [2.45, 2.75) is 58.5 Å². The Kier molecular flexibility index (Phi) is 4.18. The summed E-state index contributed by atoms with van der Waals surface area (Å²) in [6, 6.07) is 7.03. The average Bonchev–Trinajstić information content (AvgIpc) is 2.32. The highest BCUT2D eigenvalue weighted by molar-refractivity contribution is 5.98. The summed E-state index contributed by atoms with van der Waals surface area (Å²) in [7, 11) is 0. The van der Waals surface area contributed by atoms with Gasteiger partial charge in [-0.05, 0) is 45.2 Å². The van der Waals surface area contributed by atoms with Gasteiger partial charge in [0.05, 0.1) is 0 Å². The molecule has 2 unspecified atom stereocenters. The number of carbonyl (C=O) groups excluding carboxylic acids is 1. The number of ketones is 1. The van der Waals surface area contributed by atoms with Crippen molar-refractivity contribution >= 4 is 5.78 Å². The van der Waals surface area contributed by atoms with Gasteiger partial charge >= 0.3 is 0 Å². The van der Waals surface area contributed by atoms with Crippen LogP contribution in [0.25, 0.3) is 0 Å². The predicted molar refractivity (Wildman–Crippen MR) is 75.1 cm³/mol. The van der Waals surface area contributed by atoms with Crippen molar-refractivity contribution < 1.29 is 4.79 Å². The first kappa shape index (κ1) is 13.3. The zero-order valence-corrected chi connectivity index (χ0v) is 11.6. The zero-order chi connectivity index (χ0) is 13.1. The zero-order valence-electron chi connectivity index (χ0n) is 11.6. The van der Waals surface area contributed by atoms with Crippen molar-refractivity contribution in [3.8, 4) is 0 Å². The number of rotatable bonds is 3. The number of carbonyl (C=O) groups is 1. The van der Waals surface area contributed by atoms with Crippen molar-refractivity contribution in [3.05, 3.63) is 34.9 Å². The first-order chi connectivity index (χ1) is 8.56. The molecule has 0 spiro atoms. The fourth-order valence-electron chi connectivity index (χ4n) is 2.77. The van der Waals surface area contributed by atoms with Crippen LogP contribution < -0.4 is 5.32 Å². The standard InChI is InChI=1S/C16H23NO/c1-11-7-8-12(2)15(9-11)16(18)10-14-6-4-5-13(3)17-14/h7-9,13-14,17H,4-6,10H2,1-3H3. The number of piperidine rings is 1. The van der Waals surface area contributed by atoms with E-state index < -0.39 is 0 Å². The number of aryl methyl sites for hydroxylation is 2. The molecule has 1 fully saturated rings. The maximum atomic E-state index is 12.4. The third kappa shape index (κ3) is 3.20. The molecule has 1 N–H and O–H groups in total. The molecular formula is C16H23NO. The topological polar surface area (TPSA) is 29.1 Å². The van der Waals surface area contributed by atoms with E-state index in [-0.39, 0.29) is 5.78 Å². The minimum Gasteiger partial charge on any atom is -0.311 e. The first-order valence-corrected chi connectivity index (χ1v) is 6.93. The summed E-state index contributed by atoms with van der Waals surface area (Å²) in [6.45, 7) is 6.26. The lowest BCUT2D eigenvalue weighted by molar-refractivity contribution is 0.0959. The smallest absolute Gasteiger partial charge is 0.164 e. The summed E-state index contributed by atoms with van der Waals surface area (Å²) in [5.41, 5.74) is 3.15. The number of nitrogens with one attached hydrogen (secondary N) is 1. The van der Waals surface area contributed by atoms with E-state index in [1.807, 2.05) is 26.0 Å². The molecule has 1 aliphatic heterocycles. The number of hydrogen-bond donors (Lipinski definition) is 1. The molecule has 0 aliphatic carbocycles. The van der Waals surface area contributed by atoms with Crippen molar-refractivity contribution in [1.29, 1.82) is 0 Å². The van der Waals surface area contributed by atoms with E-state index in [1.54, 1.807) is 0 Å². The van der Waals surface area contributed by atoms with Gasteiger partial charge in [0.15, 0.2) is 5.78 Å². The highest BCUT2D eigenvalue weighted by atomic mass is 16.1. The van der Waals surface area contributed by atoms with Gasteiger partial charge in [0.25, 0.3) is 0 Å². The fraction of sp³-hybridized carbons (Fsp3) is 0.562. The van der Waals surface area contributed by atoms with Crippen LogP contribution in [-0.2, 0) is 0 Å². The van der Waals surface area contributed by atoms with Crippen LogP contribution in [0.15, 0.2) is 18.2 Å². The van der Waals surface area contributed by atoms with E-state index >= 15 is 0 Å². The van der Waals surface area contributed by atoms with Gasteiger partial charge in [-0.15, -0.1) is 0 Å². The molecule has 2 atom stereocenters. The van der Waals surface area contributed by atoms with E-state index in [0.717, 1.165) is 23.1 Å². The van der Waals surface area contributed by atoms with Gasteiger partial charge in [-0.1, -0.05) is 24.1 Å². The molecule has 0 aromatic heterocycles. The third-order valence-electron chi connectivity index (χ3n) is 3.84. The van der Waals surface area contributed by atoms with Gasteiger partial charge < -0.3 is 5.32 Å². The molecule has 1 heterocycles. The largest absolute Gasteiger partial charge is 0.311 e. The molecular weight excluding hydrogens is 222 g/mol. The highest BCUT2D eigenvalue weighted by Crippen LogP contribution is 2.19. The SMILES string of the molecule is Cc1ccc(C)c(C(=O)CC2CCCC(C)N2)c1. The van der Waals surface area contributed by atoms with Gasteiger partial charge in [-0.3, -0.25) is 4.79 Å². The van der Waals surface area contributed by atoms with Gasteiger partial charge in [0, 0.05) is 24.1 Å². The Morgan fingerprint density at radius 3 is 2.83 bits per heavy atom. The molecule has 0 saturated carbocycles. The normalized spacial score (nSPS) is 23.9. The maximum Gasteiger partial charge on any atom is 0.164 e. The van der Waals surface area contributed by atoms with Crippen LogP contribution >= 0.6 is 0 Å². The molecule has 0 radical (unpaired) electrons. The summed E-state index contributed by atoms with van der Waals surface area (Å²) in [5, 5.41) is 3.53. The molecule has 0 bridgehead atoms. The molecule has 98 valence electrons. The monoisotopic (exact) mass is 245 g/mol. The van der Waals surface area contributed by atoms with Gasteiger partial charge in [-0.25, -0.2) is 0 Å². The molecule has 2 heteroatoms. The van der Waals surface area contributed by atoms with Crippen LogP contribution in [0.2, 0.25) is 0 Å². The Bertz CT molecular complexity index is 439. The van der Waals surface area contributed by atoms with Gasteiger partial charge in [-0.2, -0.15) is 0 Å². The van der Waals surface area contributed by atoms with Gasteiger partial charge in [0.2, 0.25) is 0 Å². The number of hydrogen-bond acceptors (Lipinski definition) is 2. The number of Topliss-reactive ketones (excluding diaryl/α,β-unsaturated/α-hetero) is 1. The van der Waals surface area contributed by atoms with Crippen molar-refractivity contribution in [2.24, 2.45) is 0 Å². The predicted octanol–water partition coefficient (Wildman–Crippen LogP) is 3.41. The van der Waals surface area contributed by atoms with Crippen LogP contribution in [0.3, 0.4) is 0 Å². The summed E-state index contributed by atoms with van der Waals surface area (Å²) in [6.07, 6.45) is 4.22. The Labute approximate surface area is 110 Å². The minimum absolute atomic E-state index is 0.280. The third-order valence-corrected chi connectivity index (χ3v) is 3.84. The van der Waals surface area contributed by atoms with Crippen LogP contribution in [0.4, 0.5) is 0 Å². The van der Waals surface area contributed by atoms with E-state index in [2.05, 4.69) is 18.3 Å². The lowest BCUT2D eigenvalue weighted by Gasteiger charge is -2.28. The maximum absolute atomic E-state index is 12.4. The van der Waals surface area contributed by atoms with Crippen LogP contribution in [0.1, 0.15) is 54.1 Å². The van der Waals surface area contributed by atoms with Crippen LogP contribution in [0.5, 0.6) is 0 Å². The van der Waals surface area contributed by atoms with E-state index in [1.165, 1.54) is 12.8 Å². The second kappa shape index (κ2) is 5.66. The van der Waals surface area contributed by atoms with E-state index in [0.29, 0.717) is 18.5 Å². The molecule has 1 aromatic rings. The Hall–Kier alpha value is -1.15. The lowest BCUT2D eigenvalue weighted by Crippen LogP contribution is -2.41. The highest BCUT2D eigenvalue weighted by Gasteiger charge is 2.21. The van der Waals surface area contributed by atoms with Crippen LogP contribution in [-0.4, -0.2) is 17.9 Å². The lowest BCUT2D eigenvalue weighted by atomic mass is 9.92. The van der Waals surface area contributed by atoms with E-state index in [4.69, 9.17) is 0 Å². The molecule has 2 rings (SSSR count). The molecule has 2 nitrogen and oxygen atoms in total. The Morgan fingerprint density at radius 2 is 2.11 bits per heavy atom. The average molecular weight is 245 g/mol. The molecule has 1 saturated heterocycles. The van der Waals surface area contributed by atoms with Crippen LogP contribution in [0, 0.1) is 13.8 Å². The second-order valence-electron chi connectivity index (χ2n) is 5.64. The summed E-state index contributed by atoms with van der Waals surface area (Å²) in [5.74, 6) is 0.280. The molecule has 1 aromatic carbocycles. The Morgan fingerprint density at radius 1 is 1.33 bits per heavy atom. The number of benzene rings is 1. The fourth-order valence-corrected chi connectivity index (χ4v) is 2.77. The van der Waals surface area contributed by atoms with Crippen molar-refractivity contribution in [3.63, 3.8) is 0 Å². The first-order valence-electron chi connectivity index (χ1n) is 6.93. The van der Waals surface area contributed by atoms with Gasteiger partial charge in [0.1, 0.15) is 0 Å². The summed E-state index contributed by atoms with van der Waals surface area (Å²) >= 11 is 0. The van der Waals surface area contributed by atoms with Crippen molar-refractivity contribution in [1.82, 2.24) is 5.32 Å². The minimum atomic E-state index is 0.280.